The third-order valence-corrected chi connectivity index (χ3v) is 4.50. The normalized spacial score (nSPS) is 12.5. The third kappa shape index (κ3) is 2.78. The van der Waals surface area contributed by atoms with Crippen LogP contribution in [0.1, 0.15) is 33.2 Å². The van der Waals surface area contributed by atoms with E-state index in [-0.39, 0.29) is 5.38 Å². The minimum absolute atomic E-state index is 0.0864. The molecule has 2 aromatic rings. The Morgan fingerprint density at radius 1 is 1.00 bits per heavy atom. The molecule has 18 heavy (non-hydrogen) atoms. The molecule has 0 N–H and O–H groups in total. The number of rotatable bonds is 2. The Balaban J connectivity index is 2.46. The maximum absolute atomic E-state index is 6.62. The average Bonchev–Trinajstić information content (AvgIpc) is 2.33. The molecule has 2 aromatic carbocycles. The van der Waals surface area contributed by atoms with Crippen molar-refractivity contribution >= 4 is 27.5 Å². The number of alkyl halides is 1. The predicted octanol–water partition coefficient (Wildman–Crippen LogP) is 5.70. The summed E-state index contributed by atoms with van der Waals surface area (Å²) in [5, 5.41) is -0.0864. The molecular weight excluding hydrogens is 308 g/mol. The molecule has 0 spiro atoms. The van der Waals surface area contributed by atoms with Crippen molar-refractivity contribution in [1.82, 2.24) is 0 Å². The van der Waals surface area contributed by atoms with Crippen LogP contribution >= 0.6 is 27.5 Å². The van der Waals surface area contributed by atoms with Crippen LogP contribution in [0.3, 0.4) is 0 Å². The Kier molecular flexibility index (Phi) is 4.14. The van der Waals surface area contributed by atoms with Gasteiger partial charge < -0.3 is 0 Å². The van der Waals surface area contributed by atoms with Crippen molar-refractivity contribution in [3.63, 3.8) is 0 Å². The van der Waals surface area contributed by atoms with Gasteiger partial charge in [-0.1, -0.05) is 51.8 Å². The number of halogens is 2. The molecule has 0 heterocycles. The first-order chi connectivity index (χ1) is 8.49. The van der Waals surface area contributed by atoms with Crippen LogP contribution in [0.2, 0.25) is 0 Å². The van der Waals surface area contributed by atoms with Gasteiger partial charge in [0.15, 0.2) is 0 Å². The molecule has 0 saturated heterocycles. The topological polar surface area (TPSA) is 0 Å². The molecule has 1 atom stereocenters. The van der Waals surface area contributed by atoms with Gasteiger partial charge in [0.05, 0.1) is 5.38 Å². The monoisotopic (exact) mass is 322 g/mol. The summed E-state index contributed by atoms with van der Waals surface area (Å²) in [5.74, 6) is 0. The van der Waals surface area contributed by atoms with E-state index in [0.29, 0.717) is 0 Å². The van der Waals surface area contributed by atoms with Gasteiger partial charge in [0.25, 0.3) is 0 Å². The van der Waals surface area contributed by atoms with E-state index in [1.807, 2.05) is 0 Å². The summed E-state index contributed by atoms with van der Waals surface area (Å²) in [4.78, 5) is 0. The van der Waals surface area contributed by atoms with Crippen LogP contribution in [-0.4, -0.2) is 0 Å². The highest BCUT2D eigenvalue weighted by Crippen LogP contribution is 2.33. The minimum atomic E-state index is -0.0864. The third-order valence-electron chi connectivity index (χ3n) is 3.16. The molecule has 0 saturated carbocycles. The molecule has 0 aliphatic carbocycles. The molecule has 0 amide bonds. The SMILES string of the molecule is Cc1cccc(C(Cl)c2cc(C)c(Br)cc2C)c1. The Bertz CT molecular complexity index is 575. The largest absolute Gasteiger partial charge is 0.113 e. The van der Waals surface area contributed by atoms with Crippen molar-refractivity contribution in [3.8, 4) is 0 Å². The van der Waals surface area contributed by atoms with E-state index < -0.39 is 0 Å². The number of hydrogen-bond acceptors (Lipinski definition) is 0. The lowest BCUT2D eigenvalue weighted by atomic mass is 9.97. The fraction of sp³-hybridized carbons (Fsp3) is 0.250. The molecule has 0 fully saturated rings. The lowest BCUT2D eigenvalue weighted by Gasteiger charge is -2.15. The lowest BCUT2D eigenvalue weighted by molar-refractivity contribution is 1.09. The highest BCUT2D eigenvalue weighted by molar-refractivity contribution is 9.10. The molecule has 0 nitrogen and oxygen atoms in total. The molecule has 0 aliphatic rings. The standard InChI is InChI=1S/C16H16BrCl/c1-10-5-4-6-13(7-10)16(18)14-8-12(3)15(17)9-11(14)2/h4-9,16H,1-3H3. The molecule has 0 radical (unpaired) electrons. The summed E-state index contributed by atoms with van der Waals surface area (Å²) in [7, 11) is 0. The second-order valence-electron chi connectivity index (χ2n) is 4.73. The molecule has 0 aliphatic heterocycles. The van der Waals surface area contributed by atoms with Crippen LogP contribution in [0.5, 0.6) is 0 Å². The smallest absolute Gasteiger partial charge is 0.0838 e. The summed E-state index contributed by atoms with van der Waals surface area (Å²) in [6, 6.07) is 12.7. The Morgan fingerprint density at radius 2 is 1.72 bits per heavy atom. The van der Waals surface area contributed by atoms with Gasteiger partial charge >= 0.3 is 0 Å². The van der Waals surface area contributed by atoms with Crippen LogP contribution in [-0.2, 0) is 0 Å². The zero-order valence-corrected chi connectivity index (χ0v) is 13.1. The zero-order valence-electron chi connectivity index (χ0n) is 10.8. The first-order valence-electron chi connectivity index (χ1n) is 5.96. The van der Waals surface area contributed by atoms with Crippen molar-refractivity contribution in [2.24, 2.45) is 0 Å². The quantitative estimate of drug-likeness (QED) is 0.622. The van der Waals surface area contributed by atoms with Crippen LogP contribution in [0.4, 0.5) is 0 Å². The highest BCUT2D eigenvalue weighted by Gasteiger charge is 2.14. The van der Waals surface area contributed by atoms with Gasteiger partial charge in [-0.3, -0.25) is 0 Å². The fourth-order valence-corrected chi connectivity index (χ4v) is 2.91. The van der Waals surface area contributed by atoms with Crippen LogP contribution in [0.15, 0.2) is 40.9 Å². The van der Waals surface area contributed by atoms with E-state index in [9.17, 15) is 0 Å². The van der Waals surface area contributed by atoms with Gasteiger partial charge in [0, 0.05) is 4.47 Å². The molecule has 2 rings (SSSR count). The van der Waals surface area contributed by atoms with Crippen molar-refractivity contribution in [2.45, 2.75) is 26.1 Å². The number of aryl methyl sites for hydroxylation is 3. The van der Waals surface area contributed by atoms with E-state index in [2.05, 4.69) is 73.1 Å². The van der Waals surface area contributed by atoms with E-state index >= 15 is 0 Å². The van der Waals surface area contributed by atoms with Gasteiger partial charge in [0.1, 0.15) is 0 Å². The van der Waals surface area contributed by atoms with E-state index in [0.717, 1.165) is 10.0 Å². The van der Waals surface area contributed by atoms with Gasteiger partial charge in [-0.15, -0.1) is 11.6 Å². The second-order valence-corrected chi connectivity index (χ2v) is 6.03. The minimum Gasteiger partial charge on any atom is -0.113 e. The van der Waals surface area contributed by atoms with Gasteiger partial charge in [0.2, 0.25) is 0 Å². The Labute approximate surface area is 122 Å². The molecular formula is C16H16BrCl. The van der Waals surface area contributed by atoms with Crippen molar-refractivity contribution < 1.29 is 0 Å². The molecule has 94 valence electrons. The van der Waals surface area contributed by atoms with E-state index in [1.54, 1.807) is 0 Å². The molecule has 0 aromatic heterocycles. The average molecular weight is 324 g/mol. The summed E-state index contributed by atoms with van der Waals surface area (Å²) in [5.41, 5.74) is 6.01. The maximum Gasteiger partial charge on any atom is 0.0838 e. The van der Waals surface area contributed by atoms with Crippen molar-refractivity contribution in [3.05, 3.63) is 68.7 Å². The van der Waals surface area contributed by atoms with E-state index in [1.165, 1.54) is 22.3 Å². The highest BCUT2D eigenvalue weighted by atomic mass is 79.9. The molecule has 1 unspecified atom stereocenters. The summed E-state index contributed by atoms with van der Waals surface area (Å²) in [6.07, 6.45) is 0. The maximum atomic E-state index is 6.62. The van der Waals surface area contributed by atoms with Crippen LogP contribution < -0.4 is 0 Å². The van der Waals surface area contributed by atoms with Gasteiger partial charge in [-0.05, 0) is 49.1 Å². The Morgan fingerprint density at radius 3 is 2.39 bits per heavy atom. The van der Waals surface area contributed by atoms with Crippen LogP contribution in [0, 0.1) is 20.8 Å². The van der Waals surface area contributed by atoms with Gasteiger partial charge in [-0.2, -0.15) is 0 Å². The second kappa shape index (κ2) is 5.46. The molecule has 2 heteroatoms. The predicted molar refractivity (Wildman–Crippen MR) is 82.5 cm³/mol. The lowest BCUT2D eigenvalue weighted by Crippen LogP contribution is -1.98. The van der Waals surface area contributed by atoms with Crippen LogP contribution in [0.25, 0.3) is 0 Å². The van der Waals surface area contributed by atoms with Crippen molar-refractivity contribution in [2.75, 3.05) is 0 Å². The fourth-order valence-electron chi connectivity index (χ4n) is 2.08. The number of benzene rings is 2. The summed E-state index contributed by atoms with van der Waals surface area (Å²) in [6.45, 7) is 6.28. The number of hydrogen-bond donors (Lipinski definition) is 0. The van der Waals surface area contributed by atoms with Crippen molar-refractivity contribution in [1.29, 1.82) is 0 Å². The zero-order chi connectivity index (χ0) is 13.3. The summed E-state index contributed by atoms with van der Waals surface area (Å²) >= 11 is 10.2. The molecule has 0 bridgehead atoms. The first kappa shape index (κ1) is 13.6. The van der Waals surface area contributed by atoms with E-state index in [4.69, 9.17) is 11.6 Å². The Hall–Kier alpha value is -0.790. The summed E-state index contributed by atoms with van der Waals surface area (Å²) < 4.78 is 1.14. The first-order valence-corrected chi connectivity index (χ1v) is 7.19. The van der Waals surface area contributed by atoms with Gasteiger partial charge in [-0.25, -0.2) is 0 Å².